The van der Waals surface area contributed by atoms with Gasteiger partial charge in [-0.3, -0.25) is 0 Å². The van der Waals surface area contributed by atoms with Crippen molar-refractivity contribution in [2.24, 2.45) is 0 Å². The van der Waals surface area contributed by atoms with E-state index in [1.807, 2.05) is 18.2 Å². The number of carboxylic acid groups (broad SMARTS) is 1. The van der Waals surface area contributed by atoms with Crippen LogP contribution in [-0.2, 0) is 11.3 Å². The fraction of sp³-hybridized carbons (Fsp3) is 0.136. The summed E-state index contributed by atoms with van der Waals surface area (Å²) in [4.78, 5) is 10.5. The Kier molecular flexibility index (Phi) is 5.54. The van der Waals surface area contributed by atoms with E-state index in [-0.39, 0.29) is 6.61 Å². The summed E-state index contributed by atoms with van der Waals surface area (Å²) < 4.78 is 5.13. The second-order valence-corrected chi connectivity index (χ2v) is 6.08. The van der Waals surface area contributed by atoms with Gasteiger partial charge in [0.2, 0.25) is 0 Å². The highest BCUT2D eigenvalue weighted by Crippen LogP contribution is 2.24. The molecule has 3 aromatic rings. The third-order valence-electron chi connectivity index (χ3n) is 4.10. The molecule has 0 unspecified atom stereocenters. The number of carboxylic acids is 1. The molecule has 0 heterocycles. The summed E-state index contributed by atoms with van der Waals surface area (Å²) in [7, 11) is 0. The lowest BCUT2D eigenvalue weighted by Gasteiger charge is -2.10. The van der Waals surface area contributed by atoms with Crippen LogP contribution in [-0.4, -0.2) is 17.7 Å². The molecular weight excluding hydrogens is 326 g/mol. The molecule has 0 amide bonds. The Hall–Kier alpha value is -3.27. The third kappa shape index (κ3) is 4.63. The SMILES string of the molecule is Cc1ccccc1-c1cccc(CNc2ccc(OCC(=O)O)cc2)c1. The van der Waals surface area contributed by atoms with Gasteiger partial charge in [0.05, 0.1) is 0 Å². The Bertz CT molecular complexity index is 888. The molecule has 4 nitrogen and oxygen atoms in total. The zero-order valence-corrected chi connectivity index (χ0v) is 14.6. The Morgan fingerprint density at radius 2 is 1.77 bits per heavy atom. The molecule has 0 fully saturated rings. The van der Waals surface area contributed by atoms with E-state index in [9.17, 15) is 4.79 Å². The predicted octanol–water partition coefficient (Wildman–Crippen LogP) is 4.74. The van der Waals surface area contributed by atoms with Crippen LogP contribution in [0.4, 0.5) is 5.69 Å². The summed E-state index contributed by atoms with van der Waals surface area (Å²) >= 11 is 0. The van der Waals surface area contributed by atoms with Gasteiger partial charge in [-0.25, -0.2) is 4.79 Å². The minimum absolute atomic E-state index is 0.335. The van der Waals surface area contributed by atoms with Crippen LogP contribution in [0, 0.1) is 6.92 Å². The lowest BCUT2D eigenvalue weighted by molar-refractivity contribution is -0.139. The lowest BCUT2D eigenvalue weighted by Crippen LogP contribution is -2.09. The van der Waals surface area contributed by atoms with E-state index < -0.39 is 5.97 Å². The zero-order chi connectivity index (χ0) is 18.4. The van der Waals surface area contributed by atoms with Crippen LogP contribution in [0.5, 0.6) is 5.75 Å². The molecule has 0 spiro atoms. The highest BCUT2D eigenvalue weighted by molar-refractivity contribution is 5.68. The molecule has 3 aromatic carbocycles. The Morgan fingerprint density at radius 1 is 1.00 bits per heavy atom. The van der Waals surface area contributed by atoms with Crippen molar-refractivity contribution in [3.05, 3.63) is 83.9 Å². The first kappa shape index (κ1) is 17.5. The van der Waals surface area contributed by atoms with E-state index >= 15 is 0 Å². The highest BCUT2D eigenvalue weighted by atomic mass is 16.5. The van der Waals surface area contributed by atoms with E-state index in [1.165, 1.54) is 22.3 Å². The summed E-state index contributed by atoms with van der Waals surface area (Å²) in [6, 6.07) is 24.1. The van der Waals surface area contributed by atoms with Crippen LogP contribution in [0.3, 0.4) is 0 Å². The van der Waals surface area contributed by atoms with Gasteiger partial charge in [0.25, 0.3) is 0 Å². The number of hydrogen-bond acceptors (Lipinski definition) is 3. The molecule has 4 heteroatoms. The lowest BCUT2D eigenvalue weighted by atomic mass is 9.99. The molecule has 0 aliphatic rings. The summed E-state index contributed by atoms with van der Waals surface area (Å²) in [5.41, 5.74) is 5.86. The van der Waals surface area contributed by atoms with Gasteiger partial charge in [-0.05, 0) is 59.5 Å². The second kappa shape index (κ2) is 8.21. The van der Waals surface area contributed by atoms with Crippen molar-refractivity contribution in [3.63, 3.8) is 0 Å². The number of aryl methyl sites for hydroxylation is 1. The molecule has 0 aliphatic heterocycles. The van der Waals surface area contributed by atoms with Crippen LogP contribution in [0.2, 0.25) is 0 Å². The Morgan fingerprint density at radius 3 is 2.50 bits per heavy atom. The van der Waals surface area contributed by atoms with Gasteiger partial charge in [-0.2, -0.15) is 0 Å². The first-order chi connectivity index (χ1) is 12.6. The van der Waals surface area contributed by atoms with Crippen LogP contribution >= 0.6 is 0 Å². The molecule has 26 heavy (non-hydrogen) atoms. The average molecular weight is 347 g/mol. The largest absolute Gasteiger partial charge is 0.482 e. The van der Waals surface area contributed by atoms with Crippen LogP contribution < -0.4 is 10.1 Å². The number of carbonyl (C=O) groups is 1. The van der Waals surface area contributed by atoms with Crippen molar-refractivity contribution in [1.82, 2.24) is 0 Å². The van der Waals surface area contributed by atoms with E-state index in [4.69, 9.17) is 9.84 Å². The first-order valence-electron chi connectivity index (χ1n) is 8.45. The molecular formula is C22H21NO3. The molecule has 2 N–H and O–H groups in total. The maximum absolute atomic E-state index is 10.5. The van der Waals surface area contributed by atoms with Crippen LogP contribution in [0.15, 0.2) is 72.8 Å². The standard InChI is InChI=1S/C22H21NO3/c1-16-5-2-3-8-21(16)18-7-4-6-17(13-18)14-23-19-9-11-20(12-10-19)26-15-22(24)25/h2-13,23H,14-15H2,1H3,(H,24,25). The smallest absolute Gasteiger partial charge is 0.341 e. The van der Waals surface area contributed by atoms with Gasteiger partial charge >= 0.3 is 5.97 Å². The Balaban J connectivity index is 1.64. The topological polar surface area (TPSA) is 58.6 Å². The molecule has 0 bridgehead atoms. The first-order valence-corrected chi connectivity index (χ1v) is 8.45. The summed E-state index contributed by atoms with van der Waals surface area (Å²) in [5.74, 6) is -0.444. The predicted molar refractivity (Wildman–Crippen MR) is 104 cm³/mol. The molecule has 0 radical (unpaired) electrons. The van der Waals surface area contributed by atoms with Crippen LogP contribution in [0.1, 0.15) is 11.1 Å². The fourth-order valence-corrected chi connectivity index (χ4v) is 2.76. The molecule has 0 saturated carbocycles. The maximum Gasteiger partial charge on any atom is 0.341 e. The maximum atomic E-state index is 10.5. The summed E-state index contributed by atoms with van der Waals surface area (Å²) in [6.07, 6.45) is 0. The van der Waals surface area contributed by atoms with Crippen molar-refractivity contribution in [1.29, 1.82) is 0 Å². The third-order valence-corrected chi connectivity index (χ3v) is 4.10. The van der Waals surface area contributed by atoms with E-state index in [0.717, 1.165) is 5.69 Å². The van der Waals surface area contributed by atoms with Gasteiger partial charge in [0, 0.05) is 12.2 Å². The van der Waals surface area contributed by atoms with E-state index in [1.54, 1.807) is 12.1 Å². The van der Waals surface area contributed by atoms with Crippen molar-refractivity contribution in [2.75, 3.05) is 11.9 Å². The molecule has 132 valence electrons. The van der Waals surface area contributed by atoms with Gasteiger partial charge in [0.15, 0.2) is 6.61 Å². The molecule has 0 saturated heterocycles. The van der Waals surface area contributed by atoms with E-state index in [0.29, 0.717) is 12.3 Å². The van der Waals surface area contributed by atoms with Crippen molar-refractivity contribution in [2.45, 2.75) is 13.5 Å². The number of ether oxygens (including phenoxy) is 1. The van der Waals surface area contributed by atoms with Gasteiger partial charge in [-0.15, -0.1) is 0 Å². The highest BCUT2D eigenvalue weighted by Gasteiger charge is 2.03. The van der Waals surface area contributed by atoms with Crippen molar-refractivity contribution in [3.8, 4) is 16.9 Å². The van der Waals surface area contributed by atoms with Gasteiger partial charge < -0.3 is 15.2 Å². The minimum atomic E-state index is -0.985. The fourth-order valence-electron chi connectivity index (χ4n) is 2.76. The molecule has 0 aromatic heterocycles. The molecule has 3 rings (SSSR count). The number of nitrogens with one attached hydrogen (secondary N) is 1. The second-order valence-electron chi connectivity index (χ2n) is 6.08. The van der Waals surface area contributed by atoms with Gasteiger partial charge in [0.1, 0.15) is 5.75 Å². The zero-order valence-electron chi connectivity index (χ0n) is 14.6. The van der Waals surface area contributed by atoms with Crippen molar-refractivity contribution < 1.29 is 14.6 Å². The summed E-state index contributed by atoms with van der Waals surface area (Å²) in [6.45, 7) is 2.49. The van der Waals surface area contributed by atoms with Crippen molar-refractivity contribution >= 4 is 11.7 Å². The normalized spacial score (nSPS) is 10.3. The number of aliphatic carboxylic acids is 1. The van der Waals surface area contributed by atoms with Crippen LogP contribution in [0.25, 0.3) is 11.1 Å². The van der Waals surface area contributed by atoms with E-state index in [2.05, 4.69) is 54.7 Å². The number of hydrogen-bond donors (Lipinski definition) is 2. The Labute approximate surface area is 153 Å². The molecule has 0 aliphatic carbocycles. The quantitative estimate of drug-likeness (QED) is 0.648. The number of anilines is 1. The number of rotatable bonds is 7. The van der Waals surface area contributed by atoms with Gasteiger partial charge in [-0.1, -0.05) is 42.5 Å². The average Bonchev–Trinajstić information content (AvgIpc) is 2.66. The molecule has 0 atom stereocenters. The monoisotopic (exact) mass is 347 g/mol. The minimum Gasteiger partial charge on any atom is -0.482 e. The summed E-state index contributed by atoms with van der Waals surface area (Å²) in [5, 5.41) is 12.0. The number of benzene rings is 3.